The number of hydrogen-bond donors (Lipinski definition) is 3. The molecule has 0 saturated heterocycles. The van der Waals surface area contributed by atoms with Crippen LogP contribution >= 0.6 is 19.4 Å². The lowest BCUT2D eigenvalue weighted by atomic mass is 10.1. The number of aromatic nitrogens is 3. The third-order valence-corrected chi connectivity index (χ3v) is 5.96. The standard InChI is InChI=1S/C23H21ClFN4O6P/c24-19-4-1-5-20(25)17(19)8-10-33-22-7-6-15(13-27-22)11-16-12-21(35-28-16)18-3-2-9-29(23(18)26)14-34-36(30,31)32/h1-7,9,12-13,26H,8,10-11,14H2,(H2,30,31,32)/p+1. The van der Waals surface area contributed by atoms with Gasteiger partial charge in [-0.25, -0.2) is 23.0 Å². The van der Waals surface area contributed by atoms with Gasteiger partial charge in [0.15, 0.2) is 5.76 Å². The minimum Gasteiger partial charge on any atom is -0.477 e. The fourth-order valence-corrected chi connectivity index (χ4v) is 3.92. The lowest BCUT2D eigenvalue weighted by Gasteiger charge is -2.08. The van der Waals surface area contributed by atoms with Crippen LogP contribution in [0.15, 0.2) is 65.4 Å². The van der Waals surface area contributed by atoms with Crippen LogP contribution < -0.4 is 15.0 Å². The minimum atomic E-state index is -4.65. The van der Waals surface area contributed by atoms with E-state index >= 15 is 0 Å². The first kappa shape index (κ1) is 25.7. The Bertz CT molecular complexity index is 1380. The van der Waals surface area contributed by atoms with Gasteiger partial charge in [0.25, 0.3) is 5.82 Å². The van der Waals surface area contributed by atoms with E-state index in [-0.39, 0.29) is 18.2 Å². The molecule has 36 heavy (non-hydrogen) atoms. The number of anilines is 1. The Kier molecular flexibility index (Phi) is 7.97. The average Bonchev–Trinajstić information content (AvgIpc) is 3.29. The molecule has 13 heteroatoms. The van der Waals surface area contributed by atoms with Crippen molar-refractivity contribution in [3.05, 3.63) is 88.6 Å². The topological polar surface area (TPSA) is 145 Å². The van der Waals surface area contributed by atoms with Gasteiger partial charge in [-0.2, -0.15) is 0 Å². The molecule has 4 aromatic rings. The number of ether oxygens (including phenoxy) is 1. The van der Waals surface area contributed by atoms with Crippen LogP contribution in [0.25, 0.3) is 11.3 Å². The monoisotopic (exact) mass is 535 g/mol. The summed E-state index contributed by atoms with van der Waals surface area (Å²) in [6.07, 6.45) is 3.90. The molecule has 0 aliphatic rings. The van der Waals surface area contributed by atoms with Crippen molar-refractivity contribution >= 4 is 25.2 Å². The van der Waals surface area contributed by atoms with Crippen molar-refractivity contribution in [2.24, 2.45) is 0 Å². The highest BCUT2D eigenvalue weighted by Crippen LogP contribution is 2.35. The fourth-order valence-electron chi connectivity index (χ4n) is 3.38. The number of pyridine rings is 2. The smallest absolute Gasteiger partial charge is 0.472 e. The fraction of sp³-hybridized carbons (Fsp3) is 0.174. The predicted octanol–water partition coefficient (Wildman–Crippen LogP) is 3.68. The van der Waals surface area contributed by atoms with Gasteiger partial charge in [0, 0.05) is 41.8 Å². The second kappa shape index (κ2) is 11.2. The molecule has 0 atom stereocenters. The van der Waals surface area contributed by atoms with E-state index < -0.39 is 14.6 Å². The molecule has 0 saturated carbocycles. The third kappa shape index (κ3) is 6.66. The second-order valence-electron chi connectivity index (χ2n) is 7.69. The van der Waals surface area contributed by atoms with Crippen LogP contribution in [-0.4, -0.2) is 26.5 Å². The van der Waals surface area contributed by atoms with Gasteiger partial charge in [-0.3, -0.25) is 5.73 Å². The number of nitrogen functional groups attached to an aromatic ring is 1. The maximum absolute atomic E-state index is 13.9. The Hall–Kier alpha value is -3.34. The van der Waals surface area contributed by atoms with E-state index in [0.717, 1.165) is 5.56 Å². The number of phosphoric ester groups is 1. The summed E-state index contributed by atoms with van der Waals surface area (Å²) in [5.74, 6) is 0.593. The van der Waals surface area contributed by atoms with E-state index in [9.17, 15) is 8.96 Å². The van der Waals surface area contributed by atoms with E-state index in [2.05, 4.69) is 14.7 Å². The van der Waals surface area contributed by atoms with Crippen molar-refractivity contribution < 1.29 is 37.1 Å². The van der Waals surface area contributed by atoms with Crippen LogP contribution in [0, 0.1) is 5.82 Å². The highest BCUT2D eigenvalue weighted by Gasteiger charge is 2.20. The summed E-state index contributed by atoms with van der Waals surface area (Å²) in [5.41, 5.74) is 8.47. The highest BCUT2D eigenvalue weighted by atomic mass is 35.5. The molecule has 1 aromatic carbocycles. The van der Waals surface area contributed by atoms with Crippen molar-refractivity contribution in [1.82, 2.24) is 10.1 Å². The summed E-state index contributed by atoms with van der Waals surface area (Å²) in [6, 6.07) is 13.1. The molecular weight excluding hydrogens is 514 g/mol. The second-order valence-corrected chi connectivity index (χ2v) is 9.33. The van der Waals surface area contributed by atoms with E-state index in [4.69, 9.17) is 36.4 Å². The molecule has 0 spiro atoms. The molecule has 0 unspecified atom stereocenters. The van der Waals surface area contributed by atoms with Crippen LogP contribution in [0.2, 0.25) is 5.02 Å². The number of nitrogens with two attached hydrogens (primary N) is 1. The summed E-state index contributed by atoms with van der Waals surface area (Å²) in [6.45, 7) is -0.213. The first-order chi connectivity index (χ1) is 17.2. The van der Waals surface area contributed by atoms with Crippen molar-refractivity contribution in [3.8, 4) is 17.2 Å². The van der Waals surface area contributed by atoms with Crippen molar-refractivity contribution in [1.29, 1.82) is 0 Å². The summed E-state index contributed by atoms with van der Waals surface area (Å²) >= 11 is 6.03. The van der Waals surface area contributed by atoms with Gasteiger partial charge >= 0.3 is 7.82 Å². The molecule has 0 amide bonds. The van der Waals surface area contributed by atoms with Crippen LogP contribution in [0.1, 0.15) is 16.8 Å². The molecule has 0 fully saturated rings. The van der Waals surface area contributed by atoms with Gasteiger partial charge in [-0.15, -0.1) is 0 Å². The maximum Gasteiger partial charge on any atom is 0.472 e. The first-order valence-corrected chi connectivity index (χ1v) is 12.5. The number of hydrogen-bond acceptors (Lipinski definition) is 7. The minimum absolute atomic E-state index is 0.188. The molecule has 3 aromatic heterocycles. The zero-order valence-corrected chi connectivity index (χ0v) is 20.4. The lowest BCUT2D eigenvalue weighted by Crippen LogP contribution is -2.38. The Morgan fingerprint density at radius 3 is 2.75 bits per heavy atom. The average molecular weight is 536 g/mol. The summed E-state index contributed by atoms with van der Waals surface area (Å²) in [5, 5.41) is 4.42. The SMILES string of the molecule is Nc1c(-c2cc(Cc3ccc(OCCc4c(F)cccc4Cl)nc3)no2)ccc[n+]1COP(=O)(O)O. The number of rotatable bonds is 10. The predicted molar refractivity (Wildman–Crippen MR) is 127 cm³/mol. The van der Waals surface area contributed by atoms with Crippen LogP contribution in [0.5, 0.6) is 5.88 Å². The highest BCUT2D eigenvalue weighted by molar-refractivity contribution is 7.46. The van der Waals surface area contributed by atoms with Gasteiger partial charge in [0.1, 0.15) is 11.4 Å². The first-order valence-electron chi connectivity index (χ1n) is 10.6. The van der Waals surface area contributed by atoms with Gasteiger partial charge in [0.2, 0.25) is 12.6 Å². The van der Waals surface area contributed by atoms with Crippen LogP contribution in [-0.2, 0) is 28.7 Å². The largest absolute Gasteiger partial charge is 0.477 e. The van der Waals surface area contributed by atoms with Crippen LogP contribution in [0.3, 0.4) is 0 Å². The quantitative estimate of drug-likeness (QED) is 0.204. The number of phosphoric acid groups is 1. The normalized spacial score (nSPS) is 11.6. The summed E-state index contributed by atoms with van der Waals surface area (Å²) in [7, 11) is -4.65. The molecule has 0 radical (unpaired) electrons. The summed E-state index contributed by atoms with van der Waals surface area (Å²) < 4.78 is 41.7. The Balaban J connectivity index is 1.36. The molecule has 3 heterocycles. The van der Waals surface area contributed by atoms with Crippen molar-refractivity contribution in [2.75, 3.05) is 12.3 Å². The van der Waals surface area contributed by atoms with Gasteiger partial charge < -0.3 is 19.0 Å². The molecule has 10 nitrogen and oxygen atoms in total. The molecular formula is C23H22ClFN4O6P+. The van der Waals surface area contributed by atoms with Gasteiger partial charge in [0.05, 0.1) is 18.5 Å². The molecule has 4 N–H and O–H groups in total. The Labute approximate surface area is 210 Å². The molecule has 0 bridgehead atoms. The van der Waals surface area contributed by atoms with Crippen molar-refractivity contribution in [2.45, 2.75) is 19.6 Å². The van der Waals surface area contributed by atoms with Crippen molar-refractivity contribution in [3.63, 3.8) is 0 Å². The lowest BCUT2D eigenvalue weighted by molar-refractivity contribution is -0.711. The molecule has 0 aliphatic carbocycles. The van der Waals surface area contributed by atoms with Crippen LogP contribution in [0.4, 0.5) is 10.2 Å². The number of nitrogens with zero attached hydrogens (tertiary/aromatic N) is 3. The van der Waals surface area contributed by atoms with Gasteiger partial charge in [-0.05, 0) is 29.8 Å². The molecule has 4 rings (SSSR count). The third-order valence-electron chi connectivity index (χ3n) is 5.15. The zero-order chi connectivity index (χ0) is 25.7. The maximum atomic E-state index is 13.9. The van der Waals surface area contributed by atoms with E-state index in [1.807, 2.05) is 6.07 Å². The van der Waals surface area contributed by atoms with E-state index in [0.29, 0.717) is 46.3 Å². The summed E-state index contributed by atoms with van der Waals surface area (Å²) in [4.78, 5) is 22.1. The number of benzene rings is 1. The van der Waals surface area contributed by atoms with Gasteiger partial charge in [-0.1, -0.05) is 28.9 Å². The zero-order valence-electron chi connectivity index (χ0n) is 18.8. The molecule has 0 aliphatic heterocycles. The number of halogens is 2. The Morgan fingerprint density at radius 1 is 1.19 bits per heavy atom. The van der Waals surface area contributed by atoms with E-state index in [1.165, 1.54) is 16.8 Å². The Morgan fingerprint density at radius 2 is 2.03 bits per heavy atom. The van der Waals surface area contributed by atoms with E-state index in [1.54, 1.807) is 42.6 Å². The molecule has 188 valence electrons.